The maximum Gasteiger partial charge on any atom is 0.232 e. The average molecular weight is 412 g/mol. The van der Waals surface area contributed by atoms with E-state index in [4.69, 9.17) is 4.74 Å². The van der Waals surface area contributed by atoms with Gasteiger partial charge < -0.3 is 10.1 Å². The van der Waals surface area contributed by atoms with Crippen molar-refractivity contribution in [2.75, 3.05) is 29.5 Å². The van der Waals surface area contributed by atoms with E-state index in [0.29, 0.717) is 12.3 Å². The van der Waals surface area contributed by atoms with Crippen LogP contribution in [0.15, 0.2) is 42.5 Å². The van der Waals surface area contributed by atoms with E-state index in [0.717, 1.165) is 28.3 Å². The van der Waals surface area contributed by atoms with Gasteiger partial charge in [0.05, 0.1) is 18.6 Å². The molecule has 0 fully saturated rings. The lowest BCUT2D eigenvalue weighted by atomic mass is 10.2. The first-order chi connectivity index (χ1) is 13.2. The largest absolute Gasteiger partial charge is 0.380 e. The number of carbonyl (C=O) groups is 1. The van der Waals surface area contributed by atoms with Crippen LogP contribution in [0.5, 0.6) is 0 Å². The van der Waals surface area contributed by atoms with Gasteiger partial charge in [-0.15, -0.1) is 0 Å². The van der Waals surface area contributed by atoms with Gasteiger partial charge in [0.15, 0.2) is 11.6 Å². The zero-order valence-electron chi connectivity index (χ0n) is 15.6. The van der Waals surface area contributed by atoms with Crippen LogP contribution in [0, 0.1) is 11.6 Å². The monoisotopic (exact) mass is 412 g/mol. The second-order valence-corrected chi connectivity index (χ2v) is 8.13. The van der Waals surface area contributed by atoms with E-state index in [-0.39, 0.29) is 31.0 Å². The second kappa shape index (κ2) is 9.61. The molecule has 0 saturated heterocycles. The van der Waals surface area contributed by atoms with Crippen molar-refractivity contribution in [3.63, 3.8) is 0 Å². The molecule has 152 valence electrons. The smallest absolute Gasteiger partial charge is 0.232 e. The molecule has 0 heterocycles. The predicted octanol–water partition coefficient (Wildman–Crippen LogP) is 3.30. The molecule has 0 atom stereocenters. The van der Waals surface area contributed by atoms with E-state index in [1.165, 1.54) is 6.07 Å². The van der Waals surface area contributed by atoms with Crippen molar-refractivity contribution in [3.05, 3.63) is 59.7 Å². The van der Waals surface area contributed by atoms with Crippen molar-refractivity contribution in [3.8, 4) is 0 Å². The van der Waals surface area contributed by atoms with Crippen molar-refractivity contribution >= 4 is 27.3 Å². The maximum atomic E-state index is 13.4. The van der Waals surface area contributed by atoms with Crippen LogP contribution in [0.1, 0.15) is 18.4 Å². The molecule has 28 heavy (non-hydrogen) atoms. The van der Waals surface area contributed by atoms with E-state index in [1.54, 1.807) is 25.3 Å². The normalized spacial score (nSPS) is 11.3. The molecule has 2 aromatic carbocycles. The lowest BCUT2D eigenvalue weighted by Crippen LogP contribution is -2.31. The topological polar surface area (TPSA) is 75.7 Å². The van der Waals surface area contributed by atoms with Crippen molar-refractivity contribution in [2.45, 2.75) is 19.4 Å². The van der Waals surface area contributed by atoms with Crippen LogP contribution in [0.3, 0.4) is 0 Å². The molecule has 0 aromatic heterocycles. The number of anilines is 2. The number of ether oxygens (including phenoxy) is 1. The van der Waals surface area contributed by atoms with Gasteiger partial charge >= 0.3 is 0 Å². The van der Waals surface area contributed by atoms with Gasteiger partial charge in [-0.2, -0.15) is 0 Å². The molecule has 0 radical (unpaired) electrons. The summed E-state index contributed by atoms with van der Waals surface area (Å²) in [6.07, 6.45) is 1.23. The fraction of sp³-hybridized carbons (Fsp3) is 0.316. The molecule has 0 unspecified atom stereocenters. The summed E-state index contributed by atoms with van der Waals surface area (Å²) in [5.74, 6) is -2.49. The minimum absolute atomic E-state index is 0.00840. The van der Waals surface area contributed by atoms with Crippen LogP contribution in [0.25, 0.3) is 0 Å². The van der Waals surface area contributed by atoms with Crippen molar-refractivity contribution in [2.24, 2.45) is 0 Å². The summed E-state index contributed by atoms with van der Waals surface area (Å²) < 4.78 is 56.5. The van der Waals surface area contributed by atoms with E-state index in [2.05, 4.69) is 5.32 Å². The van der Waals surface area contributed by atoms with Gasteiger partial charge in [0.25, 0.3) is 0 Å². The first kappa shape index (κ1) is 21.8. The predicted molar refractivity (Wildman–Crippen MR) is 104 cm³/mol. The number of rotatable bonds is 9. The molecular weight excluding hydrogens is 390 g/mol. The highest BCUT2D eigenvalue weighted by atomic mass is 32.2. The summed E-state index contributed by atoms with van der Waals surface area (Å²) in [5.41, 5.74) is 1.52. The summed E-state index contributed by atoms with van der Waals surface area (Å²) >= 11 is 0. The van der Waals surface area contributed by atoms with E-state index < -0.39 is 21.7 Å². The fourth-order valence-electron chi connectivity index (χ4n) is 2.64. The Labute approximate surface area is 163 Å². The van der Waals surface area contributed by atoms with Gasteiger partial charge in [-0.3, -0.25) is 9.10 Å². The molecular formula is C19H22F2N2O4S. The van der Waals surface area contributed by atoms with Gasteiger partial charge in [-0.1, -0.05) is 12.1 Å². The molecule has 0 aliphatic heterocycles. The Hall–Kier alpha value is -2.52. The van der Waals surface area contributed by atoms with E-state index in [1.807, 2.05) is 6.07 Å². The minimum Gasteiger partial charge on any atom is -0.380 e. The van der Waals surface area contributed by atoms with Gasteiger partial charge in [-0.05, 0) is 36.2 Å². The Morgan fingerprint density at radius 3 is 2.54 bits per heavy atom. The molecule has 9 heteroatoms. The summed E-state index contributed by atoms with van der Waals surface area (Å²) in [5, 5.41) is 2.74. The fourth-order valence-corrected chi connectivity index (χ4v) is 3.60. The molecule has 0 saturated carbocycles. The van der Waals surface area contributed by atoms with Gasteiger partial charge in [0.2, 0.25) is 15.9 Å². The second-order valence-electron chi connectivity index (χ2n) is 6.22. The highest BCUT2D eigenvalue weighted by molar-refractivity contribution is 7.92. The molecule has 6 nitrogen and oxygen atoms in total. The number of hydrogen-bond donors (Lipinski definition) is 1. The Bertz CT molecular complexity index is 935. The summed E-state index contributed by atoms with van der Waals surface area (Å²) in [4.78, 5) is 12.1. The van der Waals surface area contributed by atoms with Gasteiger partial charge in [0, 0.05) is 31.8 Å². The number of hydrogen-bond acceptors (Lipinski definition) is 4. The van der Waals surface area contributed by atoms with Crippen molar-refractivity contribution in [1.29, 1.82) is 0 Å². The van der Waals surface area contributed by atoms with Crippen molar-refractivity contribution < 1.29 is 26.7 Å². The van der Waals surface area contributed by atoms with Crippen LogP contribution in [0.4, 0.5) is 20.2 Å². The molecule has 1 amide bonds. The number of sulfonamides is 1. The number of halogens is 2. The number of nitrogens with one attached hydrogen (secondary N) is 1. The SMILES string of the molecule is COCc1cccc(NC(=O)CCCN(c2ccc(F)c(F)c2)S(C)(=O)=O)c1. The Balaban J connectivity index is 1.97. The van der Waals surface area contributed by atoms with Gasteiger partial charge in [-0.25, -0.2) is 17.2 Å². The number of nitrogens with zero attached hydrogens (tertiary/aromatic N) is 1. The third-order valence-electron chi connectivity index (χ3n) is 3.88. The van der Waals surface area contributed by atoms with Crippen LogP contribution in [-0.2, 0) is 26.2 Å². The third-order valence-corrected chi connectivity index (χ3v) is 5.07. The molecule has 1 N–H and O–H groups in total. The number of amides is 1. The molecule has 2 rings (SSSR count). The highest BCUT2D eigenvalue weighted by Gasteiger charge is 2.19. The van der Waals surface area contributed by atoms with Crippen LogP contribution < -0.4 is 9.62 Å². The molecule has 0 spiro atoms. The maximum absolute atomic E-state index is 13.4. The zero-order valence-corrected chi connectivity index (χ0v) is 16.4. The van der Waals surface area contributed by atoms with E-state index in [9.17, 15) is 22.0 Å². The summed E-state index contributed by atoms with van der Waals surface area (Å²) in [6.45, 7) is 0.377. The number of methoxy groups -OCH3 is 1. The summed E-state index contributed by atoms with van der Waals surface area (Å²) in [6, 6.07) is 10.0. The summed E-state index contributed by atoms with van der Waals surface area (Å²) in [7, 11) is -2.14. The van der Waals surface area contributed by atoms with Crippen LogP contribution in [-0.4, -0.2) is 34.2 Å². The molecule has 0 bridgehead atoms. The Kier molecular flexibility index (Phi) is 7.47. The minimum atomic E-state index is -3.72. The highest BCUT2D eigenvalue weighted by Crippen LogP contribution is 2.21. The first-order valence-electron chi connectivity index (χ1n) is 8.51. The first-order valence-corrected chi connectivity index (χ1v) is 10.4. The number of benzene rings is 2. The molecule has 0 aliphatic carbocycles. The quantitative estimate of drug-likeness (QED) is 0.686. The van der Waals surface area contributed by atoms with Gasteiger partial charge in [0.1, 0.15) is 0 Å². The number of carbonyl (C=O) groups excluding carboxylic acids is 1. The lowest BCUT2D eigenvalue weighted by Gasteiger charge is -2.22. The average Bonchev–Trinajstić information content (AvgIpc) is 2.61. The third kappa shape index (κ3) is 6.28. The Morgan fingerprint density at radius 2 is 1.89 bits per heavy atom. The Morgan fingerprint density at radius 1 is 1.14 bits per heavy atom. The molecule has 0 aliphatic rings. The zero-order chi connectivity index (χ0) is 20.7. The lowest BCUT2D eigenvalue weighted by molar-refractivity contribution is -0.116. The molecule has 2 aromatic rings. The van der Waals surface area contributed by atoms with Crippen LogP contribution >= 0.6 is 0 Å². The van der Waals surface area contributed by atoms with Crippen LogP contribution in [0.2, 0.25) is 0 Å². The standard InChI is InChI=1S/C19H22F2N2O4S/c1-27-13-14-5-3-6-15(11-14)22-19(24)7-4-10-23(28(2,25)26)16-8-9-17(20)18(21)12-16/h3,5-6,8-9,11-12H,4,7,10,13H2,1-2H3,(H,22,24). The van der Waals surface area contributed by atoms with Crippen molar-refractivity contribution in [1.82, 2.24) is 0 Å². The van der Waals surface area contributed by atoms with E-state index >= 15 is 0 Å².